The molecule has 0 saturated heterocycles. The fourth-order valence-electron chi connectivity index (χ4n) is 0.386. The molecule has 0 bridgehead atoms. The van der Waals surface area contributed by atoms with Crippen LogP contribution in [0.5, 0.6) is 0 Å². The van der Waals surface area contributed by atoms with Crippen LogP contribution in [0.3, 0.4) is 0 Å². The Hall–Kier alpha value is -0.260. The van der Waals surface area contributed by atoms with E-state index in [-0.39, 0.29) is 6.54 Å². The van der Waals surface area contributed by atoms with Gasteiger partial charge in [0.25, 0.3) is 0 Å². The third kappa shape index (κ3) is 9.74. The first-order valence-corrected chi connectivity index (χ1v) is 3.72. The van der Waals surface area contributed by atoms with E-state index in [2.05, 4.69) is 10.3 Å². The van der Waals surface area contributed by atoms with Gasteiger partial charge >= 0.3 is 6.18 Å². The van der Waals surface area contributed by atoms with E-state index in [1.54, 1.807) is 12.2 Å². The first kappa shape index (κ1) is 11.7. The molecule has 0 atom stereocenters. The van der Waals surface area contributed by atoms with E-state index in [1.807, 2.05) is 0 Å². The fourth-order valence-corrected chi connectivity index (χ4v) is 0.512. The summed E-state index contributed by atoms with van der Waals surface area (Å²) in [5.41, 5.74) is 2.11. The van der Waals surface area contributed by atoms with Crippen molar-refractivity contribution >= 4 is 11.6 Å². The van der Waals surface area contributed by atoms with Crippen molar-refractivity contribution in [3.8, 4) is 0 Å². The average Bonchev–Trinajstić information content (AvgIpc) is 1.94. The van der Waals surface area contributed by atoms with Gasteiger partial charge < -0.3 is 0 Å². The van der Waals surface area contributed by atoms with Gasteiger partial charge in [0, 0.05) is 12.4 Å². The Kier molecular flexibility index (Phi) is 6.14. The van der Waals surface area contributed by atoms with Gasteiger partial charge in [0.05, 0.1) is 0 Å². The van der Waals surface area contributed by atoms with Crippen LogP contribution in [0.1, 0.15) is 0 Å². The van der Waals surface area contributed by atoms with E-state index in [0.29, 0.717) is 5.88 Å². The highest BCUT2D eigenvalue weighted by molar-refractivity contribution is 6.18. The van der Waals surface area contributed by atoms with Gasteiger partial charge in [-0.2, -0.15) is 18.7 Å². The second kappa shape index (κ2) is 6.28. The lowest BCUT2D eigenvalue weighted by Gasteiger charge is -2.06. The smallest absolute Gasteiger partial charge is 0.292 e. The summed E-state index contributed by atoms with van der Waals surface area (Å²) in [5, 5.41) is 0. The summed E-state index contributed by atoms with van der Waals surface area (Å²) in [5.74, 6) is 0.334. The molecule has 0 rings (SSSR count). The summed E-state index contributed by atoms with van der Waals surface area (Å²) < 4.78 is 34.3. The number of halogens is 4. The summed E-state index contributed by atoms with van der Waals surface area (Å²) in [4.78, 5) is 4.08. The third-order valence-corrected chi connectivity index (χ3v) is 0.973. The highest BCUT2D eigenvalue weighted by Crippen LogP contribution is 2.13. The molecule has 12 heavy (non-hydrogen) atoms. The fraction of sp³-hybridized carbons (Fsp3) is 0.667. The van der Waals surface area contributed by atoms with E-state index in [4.69, 9.17) is 11.6 Å². The van der Waals surface area contributed by atoms with Crippen LogP contribution in [0.2, 0.25) is 0 Å². The second-order valence-electron chi connectivity index (χ2n) is 1.88. The first-order valence-electron chi connectivity index (χ1n) is 3.18. The van der Waals surface area contributed by atoms with E-state index in [9.17, 15) is 13.2 Å². The summed E-state index contributed by atoms with van der Waals surface area (Å²) in [6.07, 6.45) is -1.11. The Morgan fingerprint density at radius 3 is 2.50 bits per heavy atom. The van der Waals surface area contributed by atoms with Crippen molar-refractivity contribution in [2.75, 3.05) is 19.0 Å². The molecule has 0 aliphatic heterocycles. The summed E-state index contributed by atoms with van der Waals surface area (Å²) in [6, 6.07) is 0. The van der Waals surface area contributed by atoms with Crippen LogP contribution in [-0.2, 0) is 4.84 Å². The lowest BCUT2D eigenvalue weighted by atomic mass is 10.5. The zero-order chi connectivity index (χ0) is 9.45. The average molecular weight is 204 g/mol. The SMILES string of the molecule is FC(F)(F)CONC/C=C/CCl. The molecular formula is C6H9ClF3NO. The number of rotatable bonds is 5. The topological polar surface area (TPSA) is 21.3 Å². The van der Waals surface area contributed by atoms with Gasteiger partial charge in [-0.15, -0.1) is 11.6 Å². The Morgan fingerprint density at radius 2 is 2.00 bits per heavy atom. The predicted octanol–water partition coefficient (Wildman–Crippen LogP) is 1.86. The molecule has 0 fully saturated rings. The van der Waals surface area contributed by atoms with E-state index >= 15 is 0 Å². The molecule has 0 heterocycles. The number of nitrogens with one attached hydrogen (secondary N) is 1. The molecule has 0 saturated carbocycles. The number of hydrogen-bond donors (Lipinski definition) is 1. The number of hydrogen-bond acceptors (Lipinski definition) is 2. The summed E-state index contributed by atoms with van der Waals surface area (Å²) in [6.45, 7) is -1.08. The maximum atomic E-state index is 11.4. The van der Waals surface area contributed by atoms with Crippen molar-refractivity contribution in [2.45, 2.75) is 6.18 Å². The normalized spacial score (nSPS) is 12.7. The minimum Gasteiger partial charge on any atom is -0.292 e. The lowest BCUT2D eigenvalue weighted by Crippen LogP contribution is -2.24. The van der Waals surface area contributed by atoms with Gasteiger partial charge in [-0.3, -0.25) is 4.84 Å². The Morgan fingerprint density at radius 1 is 1.33 bits per heavy atom. The van der Waals surface area contributed by atoms with Crippen molar-refractivity contribution in [1.29, 1.82) is 0 Å². The van der Waals surface area contributed by atoms with Gasteiger partial charge in [0.2, 0.25) is 0 Å². The van der Waals surface area contributed by atoms with Crippen LogP contribution in [0.25, 0.3) is 0 Å². The monoisotopic (exact) mass is 203 g/mol. The van der Waals surface area contributed by atoms with Crippen molar-refractivity contribution in [2.24, 2.45) is 0 Å². The molecule has 0 spiro atoms. The highest BCUT2D eigenvalue weighted by Gasteiger charge is 2.27. The molecular weight excluding hydrogens is 195 g/mol. The van der Waals surface area contributed by atoms with Crippen LogP contribution in [-0.4, -0.2) is 25.2 Å². The highest BCUT2D eigenvalue weighted by atomic mass is 35.5. The zero-order valence-corrected chi connectivity index (χ0v) is 6.95. The molecule has 0 aliphatic rings. The van der Waals surface area contributed by atoms with Crippen molar-refractivity contribution in [1.82, 2.24) is 5.48 Å². The second-order valence-corrected chi connectivity index (χ2v) is 2.19. The van der Waals surface area contributed by atoms with Crippen LogP contribution < -0.4 is 5.48 Å². The molecule has 0 aromatic carbocycles. The zero-order valence-electron chi connectivity index (χ0n) is 6.20. The Bertz CT molecular complexity index is 137. The maximum absolute atomic E-state index is 11.4. The first-order chi connectivity index (χ1) is 5.56. The standard InChI is InChI=1S/C6H9ClF3NO/c7-3-1-2-4-11-12-5-6(8,9)10/h1-2,11H,3-5H2/b2-1+. The largest absolute Gasteiger partial charge is 0.413 e. The summed E-state index contributed by atoms with van der Waals surface area (Å²) >= 11 is 5.25. The molecule has 0 radical (unpaired) electrons. The van der Waals surface area contributed by atoms with Crippen LogP contribution in [0.4, 0.5) is 13.2 Å². The van der Waals surface area contributed by atoms with Crippen molar-refractivity contribution < 1.29 is 18.0 Å². The van der Waals surface area contributed by atoms with Crippen LogP contribution in [0, 0.1) is 0 Å². The van der Waals surface area contributed by atoms with Gasteiger partial charge in [0.15, 0.2) is 6.61 Å². The Balaban J connectivity index is 3.17. The van der Waals surface area contributed by atoms with E-state index < -0.39 is 12.8 Å². The minimum absolute atomic E-state index is 0.211. The lowest BCUT2D eigenvalue weighted by molar-refractivity contribution is -0.188. The number of allylic oxidation sites excluding steroid dienone is 1. The molecule has 1 N–H and O–H groups in total. The molecule has 72 valence electrons. The Labute approximate surface area is 73.3 Å². The van der Waals surface area contributed by atoms with E-state index in [0.717, 1.165) is 0 Å². The molecule has 2 nitrogen and oxygen atoms in total. The molecule has 0 amide bonds. The van der Waals surface area contributed by atoms with Gasteiger partial charge in [-0.05, 0) is 0 Å². The number of hydroxylamine groups is 1. The summed E-state index contributed by atoms with van der Waals surface area (Å²) in [7, 11) is 0. The minimum atomic E-state index is -4.29. The molecule has 6 heteroatoms. The predicted molar refractivity (Wildman–Crippen MR) is 39.9 cm³/mol. The van der Waals surface area contributed by atoms with Crippen LogP contribution in [0.15, 0.2) is 12.2 Å². The van der Waals surface area contributed by atoms with E-state index in [1.165, 1.54) is 0 Å². The van der Waals surface area contributed by atoms with Crippen molar-refractivity contribution in [3.63, 3.8) is 0 Å². The maximum Gasteiger partial charge on any atom is 0.413 e. The van der Waals surface area contributed by atoms with Crippen molar-refractivity contribution in [3.05, 3.63) is 12.2 Å². The molecule has 0 aromatic heterocycles. The molecule has 0 aromatic rings. The quantitative estimate of drug-likeness (QED) is 0.319. The number of alkyl halides is 4. The molecule has 0 unspecified atom stereocenters. The van der Waals surface area contributed by atoms with Crippen LogP contribution >= 0.6 is 11.6 Å². The van der Waals surface area contributed by atoms with Gasteiger partial charge in [0.1, 0.15) is 0 Å². The van der Waals surface area contributed by atoms with Gasteiger partial charge in [-0.1, -0.05) is 12.2 Å². The third-order valence-electron chi connectivity index (χ3n) is 0.795. The van der Waals surface area contributed by atoms with Gasteiger partial charge in [-0.25, -0.2) is 0 Å². The molecule has 0 aliphatic carbocycles.